The van der Waals surface area contributed by atoms with Crippen molar-refractivity contribution in [2.75, 3.05) is 18.6 Å². The van der Waals surface area contributed by atoms with Crippen LogP contribution in [0.15, 0.2) is 29.8 Å². The summed E-state index contributed by atoms with van der Waals surface area (Å²) in [4.78, 5) is 0. The second-order valence-electron chi connectivity index (χ2n) is 3.30. The Morgan fingerprint density at radius 1 is 1.21 bits per heavy atom. The number of ether oxygens (including phenoxy) is 1. The molecule has 0 spiro atoms. The smallest absolute Gasteiger partial charge is 0.118 e. The van der Waals surface area contributed by atoms with Gasteiger partial charge in [0.2, 0.25) is 0 Å². The fourth-order valence-electron chi connectivity index (χ4n) is 1.55. The van der Waals surface area contributed by atoms with E-state index in [9.17, 15) is 0 Å². The predicted molar refractivity (Wildman–Crippen MR) is 62.6 cm³/mol. The molecule has 1 aromatic carbocycles. The summed E-state index contributed by atoms with van der Waals surface area (Å²) in [5, 5.41) is 0. The maximum atomic E-state index is 5.12. The molecular weight excluding hydrogens is 192 g/mol. The second-order valence-corrected chi connectivity index (χ2v) is 4.29. The van der Waals surface area contributed by atoms with Gasteiger partial charge in [-0.3, -0.25) is 0 Å². The highest BCUT2D eigenvalue weighted by molar-refractivity contribution is 8.00. The van der Waals surface area contributed by atoms with Gasteiger partial charge in [-0.1, -0.05) is 17.7 Å². The van der Waals surface area contributed by atoms with Crippen LogP contribution in [0.25, 0.3) is 5.57 Å². The van der Waals surface area contributed by atoms with Crippen LogP contribution in [0.3, 0.4) is 0 Å². The van der Waals surface area contributed by atoms with Crippen molar-refractivity contribution < 1.29 is 4.74 Å². The van der Waals surface area contributed by atoms with Crippen LogP contribution in [0.5, 0.6) is 5.75 Å². The lowest BCUT2D eigenvalue weighted by molar-refractivity contribution is 0.415. The number of thioether (sulfide) groups is 1. The molecule has 1 nitrogen and oxygen atoms in total. The van der Waals surface area contributed by atoms with Gasteiger partial charge in [-0.15, -0.1) is 0 Å². The van der Waals surface area contributed by atoms with E-state index in [-0.39, 0.29) is 0 Å². The van der Waals surface area contributed by atoms with Gasteiger partial charge in [0.1, 0.15) is 5.75 Å². The SMILES string of the molecule is [CH2]C1=C(c2ccc(OC)cc2)CSC1. The van der Waals surface area contributed by atoms with Crippen LogP contribution in [0.1, 0.15) is 5.56 Å². The highest BCUT2D eigenvalue weighted by Crippen LogP contribution is 2.32. The number of benzene rings is 1. The average molecular weight is 205 g/mol. The molecule has 1 aliphatic heterocycles. The third-order valence-corrected chi connectivity index (χ3v) is 3.43. The lowest BCUT2D eigenvalue weighted by Crippen LogP contribution is -1.87. The molecule has 0 saturated heterocycles. The van der Waals surface area contributed by atoms with Gasteiger partial charge in [-0.05, 0) is 30.2 Å². The zero-order valence-corrected chi connectivity index (χ0v) is 9.06. The Morgan fingerprint density at radius 2 is 1.93 bits per heavy atom. The van der Waals surface area contributed by atoms with E-state index in [2.05, 4.69) is 19.1 Å². The van der Waals surface area contributed by atoms with Gasteiger partial charge < -0.3 is 4.74 Å². The summed E-state index contributed by atoms with van der Waals surface area (Å²) in [6.07, 6.45) is 0. The lowest BCUT2D eigenvalue weighted by Gasteiger charge is -2.04. The van der Waals surface area contributed by atoms with Crippen LogP contribution in [0.2, 0.25) is 0 Å². The molecule has 0 aliphatic carbocycles. The van der Waals surface area contributed by atoms with E-state index in [1.165, 1.54) is 16.7 Å². The minimum atomic E-state index is 0.908. The van der Waals surface area contributed by atoms with E-state index in [0.717, 1.165) is 17.3 Å². The maximum absolute atomic E-state index is 5.12. The summed E-state index contributed by atoms with van der Waals surface area (Å²) >= 11 is 1.93. The first-order valence-electron chi connectivity index (χ1n) is 4.57. The molecule has 73 valence electrons. The molecule has 0 saturated carbocycles. The first-order valence-corrected chi connectivity index (χ1v) is 5.73. The van der Waals surface area contributed by atoms with Gasteiger partial charge >= 0.3 is 0 Å². The minimum absolute atomic E-state index is 0.908. The molecule has 2 rings (SSSR count). The Balaban J connectivity index is 2.29. The summed E-state index contributed by atoms with van der Waals surface area (Å²) in [5.41, 5.74) is 3.93. The quantitative estimate of drug-likeness (QED) is 0.734. The van der Waals surface area contributed by atoms with Crippen molar-refractivity contribution in [3.63, 3.8) is 0 Å². The molecule has 0 unspecified atom stereocenters. The summed E-state index contributed by atoms with van der Waals surface area (Å²) in [7, 11) is 1.69. The molecule has 0 amide bonds. The van der Waals surface area contributed by atoms with Gasteiger partial charge in [-0.2, -0.15) is 11.8 Å². The summed E-state index contributed by atoms with van der Waals surface area (Å²) < 4.78 is 5.12. The van der Waals surface area contributed by atoms with Crippen LogP contribution in [0, 0.1) is 6.92 Å². The average Bonchev–Trinajstić information content (AvgIpc) is 2.65. The number of hydrogen-bond donors (Lipinski definition) is 0. The standard InChI is InChI=1S/C12H13OS/c1-9-7-14-8-12(9)10-3-5-11(13-2)6-4-10/h3-6H,1,7-8H2,2H3. The topological polar surface area (TPSA) is 9.23 Å². The molecule has 0 atom stereocenters. The zero-order chi connectivity index (χ0) is 9.97. The Morgan fingerprint density at radius 3 is 2.43 bits per heavy atom. The monoisotopic (exact) mass is 205 g/mol. The lowest BCUT2D eigenvalue weighted by atomic mass is 10.0. The van der Waals surface area contributed by atoms with Gasteiger partial charge in [0.05, 0.1) is 7.11 Å². The third kappa shape index (κ3) is 1.80. The molecule has 2 heteroatoms. The molecule has 1 aliphatic rings. The maximum Gasteiger partial charge on any atom is 0.118 e. The number of hydrogen-bond acceptors (Lipinski definition) is 2. The molecular formula is C12H13OS. The van der Waals surface area contributed by atoms with Crippen molar-refractivity contribution in [2.24, 2.45) is 0 Å². The summed E-state index contributed by atoms with van der Waals surface area (Å²) in [6.45, 7) is 4.07. The Kier molecular flexibility index (Phi) is 2.82. The summed E-state index contributed by atoms with van der Waals surface area (Å²) in [5.74, 6) is 3.07. The fraction of sp³-hybridized carbons (Fsp3) is 0.250. The molecule has 0 fully saturated rings. The van der Waals surface area contributed by atoms with E-state index in [4.69, 9.17) is 4.74 Å². The van der Waals surface area contributed by atoms with Crippen molar-refractivity contribution >= 4 is 17.3 Å². The van der Waals surface area contributed by atoms with Crippen LogP contribution >= 0.6 is 11.8 Å². The van der Waals surface area contributed by atoms with Crippen LogP contribution in [-0.4, -0.2) is 18.6 Å². The van der Waals surface area contributed by atoms with E-state index in [0.29, 0.717) is 0 Å². The molecule has 0 N–H and O–H groups in total. The Labute approximate surface area is 89.2 Å². The third-order valence-electron chi connectivity index (χ3n) is 2.39. The largest absolute Gasteiger partial charge is 0.497 e. The van der Waals surface area contributed by atoms with E-state index in [1.54, 1.807) is 7.11 Å². The van der Waals surface area contributed by atoms with Crippen molar-refractivity contribution in [3.05, 3.63) is 42.3 Å². The van der Waals surface area contributed by atoms with Gasteiger partial charge in [0.15, 0.2) is 0 Å². The number of rotatable bonds is 2. The molecule has 1 radical (unpaired) electrons. The van der Waals surface area contributed by atoms with Crippen molar-refractivity contribution in [3.8, 4) is 5.75 Å². The highest BCUT2D eigenvalue weighted by Gasteiger charge is 2.12. The van der Waals surface area contributed by atoms with Crippen LogP contribution in [-0.2, 0) is 0 Å². The fourth-order valence-corrected chi connectivity index (χ4v) is 2.64. The van der Waals surface area contributed by atoms with E-state index < -0.39 is 0 Å². The highest BCUT2D eigenvalue weighted by atomic mass is 32.2. The Bertz CT molecular complexity index is 351. The van der Waals surface area contributed by atoms with Gasteiger partial charge in [0, 0.05) is 11.5 Å². The summed E-state index contributed by atoms with van der Waals surface area (Å²) in [6, 6.07) is 8.20. The van der Waals surface area contributed by atoms with Crippen LogP contribution in [0.4, 0.5) is 0 Å². The van der Waals surface area contributed by atoms with Crippen molar-refractivity contribution in [1.82, 2.24) is 0 Å². The van der Waals surface area contributed by atoms with E-state index >= 15 is 0 Å². The Hall–Kier alpha value is -0.890. The van der Waals surface area contributed by atoms with Gasteiger partial charge in [-0.25, -0.2) is 0 Å². The predicted octanol–water partition coefficient (Wildman–Crippen LogP) is 3.03. The molecule has 0 aromatic heterocycles. The zero-order valence-electron chi connectivity index (χ0n) is 8.25. The normalized spacial score (nSPS) is 16.1. The van der Waals surface area contributed by atoms with Crippen molar-refractivity contribution in [1.29, 1.82) is 0 Å². The molecule has 0 bridgehead atoms. The number of methoxy groups -OCH3 is 1. The van der Waals surface area contributed by atoms with Gasteiger partial charge in [0.25, 0.3) is 0 Å². The first kappa shape index (κ1) is 9.66. The minimum Gasteiger partial charge on any atom is -0.497 e. The van der Waals surface area contributed by atoms with Crippen molar-refractivity contribution in [2.45, 2.75) is 0 Å². The van der Waals surface area contributed by atoms with Crippen LogP contribution < -0.4 is 4.74 Å². The molecule has 1 aromatic rings. The first-order chi connectivity index (χ1) is 6.81. The molecule has 1 heterocycles. The molecule has 14 heavy (non-hydrogen) atoms. The van der Waals surface area contributed by atoms with E-state index in [1.807, 2.05) is 23.9 Å². The second kappa shape index (κ2) is 4.09.